The summed E-state index contributed by atoms with van der Waals surface area (Å²) < 4.78 is 0. The number of hydrogen-bond acceptors (Lipinski definition) is 2. The van der Waals surface area contributed by atoms with E-state index in [0.717, 1.165) is 17.1 Å². The highest BCUT2D eigenvalue weighted by atomic mass is 15.1. The van der Waals surface area contributed by atoms with Gasteiger partial charge in [0, 0.05) is 18.1 Å². The Kier molecular flexibility index (Phi) is 2.84. The van der Waals surface area contributed by atoms with Crippen molar-refractivity contribution < 1.29 is 0 Å². The molecule has 0 saturated carbocycles. The maximum atomic E-state index is 6.06. The van der Waals surface area contributed by atoms with Crippen molar-refractivity contribution in [3.8, 4) is 0 Å². The molecule has 0 spiro atoms. The fourth-order valence-corrected chi connectivity index (χ4v) is 2.42. The van der Waals surface area contributed by atoms with Gasteiger partial charge in [-0.05, 0) is 23.6 Å². The van der Waals surface area contributed by atoms with E-state index in [0.29, 0.717) is 0 Å². The van der Waals surface area contributed by atoms with Crippen LogP contribution in [0.3, 0.4) is 0 Å². The molecule has 3 rings (SSSR count). The van der Waals surface area contributed by atoms with Gasteiger partial charge in [0.25, 0.3) is 0 Å². The van der Waals surface area contributed by atoms with Gasteiger partial charge in [-0.15, -0.1) is 0 Å². The van der Waals surface area contributed by atoms with Crippen LogP contribution in [-0.4, -0.2) is 7.05 Å². The highest BCUT2D eigenvalue weighted by Crippen LogP contribution is 2.33. The molecule has 0 aromatic heterocycles. The summed E-state index contributed by atoms with van der Waals surface area (Å²) >= 11 is 0. The summed E-state index contributed by atoms with van der Waals surface area (Å²) in [7, 11) is 2.05. The second-order valence-electron chi connectivity index (χ2n) is 4.62. The van der Waals surface area contributed by atoms with Gasteiger partial charge in [-0.25, -0.2) is 0 Å². The first-order chi connectivity index (χ1) is 9.27. The molecule has 2 nitrogen and oxygen atoms in total. The molecule has 0 unspecified atom stereocenters. The zero-order chi connectivity index (χ0) is 13.2. The first-order valence-corrected chi connectivity index (χ1v) is 6.33. The number of rotatable bonds is 2. The lowest BCUT2D eigenvalue weighted by molar-refractivity contribution is 1.22. The Balaban J connectivity index is 2.17. The zero-order valence-corrected chi connectivity index (χ0v) is 10.9. The maximum Gasteiger partial charge on any atom is 0.0641 e. The molecule has 94 valence electrons. The average molecular weight is 248 g/mol. The van der Waals surface area contributed by atoms with E-state index in [1.165, 1.54) is 10.8 Å². The van der Waals surface area contributed by atoms with Crippen LogP contribution in [0.2, 0.25) is 0 Å². The van der Waals surface area contributed by atoms with E-state index in [2.05, 4.69) is 47.4 Å². The number of nitrogen functional groups attached to an aromatic ring is 1. The predicted molar refractivity (Wildman–Crippen MR) is 82.9 cm³/mol. The van der Waals surface area contributed by atoms with Crippen LogP contribution < -0.4 is 10.6 Å². The van der Waals surface area contributed by atoms with Crippen LogP contribution in [-0.2, 0) is 0 Å². The highest BCUT2D eigenvalue weighted by Gasteiger charge is 2.09. The maximum absolute atomic E-state index is 6.06. The van der Waals surface area contributed by atoms with Crippen LogP contribution in [0.5, 0.6) is 0 Å². The Labute approximate surface area is 113 Å². The molecule has 0 fully saturated rings. The lowest BCUT2D eigenvalue weighted by atomic mass is 10.1. The number of hydrogen-bond donors (Lipinski definition) is 1. The molecule has 0 aliphatic carbocycles. The minimum atomic E-state index is 0.790. The van der Waals surface area contributed by atoms with Gasteiger partial charge in [-0.1, -0.05) is 48.5 Å². The molecular formula is C17H16N2. The molecule has 0 aliphatic heterocycles. The van der Waals surface area contributed by atoms with Gasteiger partial charge in [0.1, 0.15) is 0 Å². The molecule has 0 bridgehead atoms. The first kappa shape index (κ1) is 11.6. The summed E-state index contributed by atoms with van der Waals surface area (Å²) in [5, 5.41) is 2.47. The number of nitrogens with zero attached hydrogens (tertiary/aromatic N) is 1. The minimum Gasteiger partial charge on any atom is -0.397 e. The smallest absolute Gasteiger partial charge is 0.0641 e. The van der Waals surface area contributed by atoms with Gasteiger partial charge in [0.15, 0.2) is 0 Å². The lowest BCUT2D eigenvalue weighted by Crippen LogP contribution is -2.11. The van der Waals surface area contributed by atoms with Crippen LogP contribution in [0, 0.1) is 0 Å². The van der Waals surface area contributed by atoms with Gasteiger partial charge in [0.2, 0.25) is 0 Å². The van der Waals surface area contributed by atoms with E-state index in [1.807, 2.05) is 31.3 Å². The summed E-state index contributed by atoms with van der Waals surface area (Å²) in [6, 6.07) is 22.6. The van der Waals surface area contributed by atoms with Crippen molar-refractivity contribution in [1.82, 2.24) is 0 Å². The molecule has 0 heterocycles. The van der Waals surface area contributed by atoms with Gasteiger partial charge in [0.05, 0.1) is 11.4 Å². The van der Waals surface area contributed by atoms with E-state index in [9.17, 15) is 0 Å². The van der Waals surface area contributed by atoms with E-state index in [-0.39, 0.29) is 0 Å². The molecule has 19 heavy (non-hydrogen) atoms. The van der Waals surface area contributed by atoms with Crippen molar-refractivity contribution in [3.63, 3.8) is 0 Å². The first-order valence-electron chi connectivity index (χ1n) is 6.33. The normalized spacial score (nSPS) is 10.6. The number of para-hydroxylation sites is 2. The summed E-state index contributed by atoms with van der Waals surface area (Å²) in [6.45, 7) is 0. The van der Waals surface area contributed by atoms with Crippen LogP contribution in [0.25, 0.3) is 10.8 Å². The Morgan fingerprint density at radius 1 is 0.737 bits per heavy atom. The third-order valence-electron chi connectivity index (χ3n) is 3.43. The molecule has 0 amide bonds. The van der Waals surface area contributed by atoms with Crippen LogP contribution >= 0.6 is 0 Å². The van der Waals surface area contributed by atoms with Crippen LogP contribution in [0.15, 0.2) is 66.7 Å². The van der Waals surface area contributed by atoms with Crippen LogP contribution in [0.4, 0.5) is 17.1 Å². The molecule has 0 radical (unpaired) electrons. The third kappa shape index (κ3) is 2.02. The predicted octanol–water partition coefficient (Wildman–Crippen LogP) is 4.19. The van der Waals surface area contributed by atoms with E-state index in [1.54, 1.807) is 0 Å². The molecule has 0 aliphatic rings. The van der Waals surface area contributed by atoms with Gasteiger partial charge >= 0.3 is 0 Å². The van der Waals surface area contributed by atoms with Crippen molar-refractivity contribution in [2.45, 2.75) is 0 Å². The lowest BCUT2D eigenvalue weighted by Gasteiger charge is -2.22. The van der Waals surface area contributed by atoms with Crippen molar-refractivity contribution >= 4 is 27.8 Å². The van der Waals surface area contributed by atoms with Gasteiger partial charge in [-0.2, -0.15) is 0 Å². The summed E-state index contributed by atoms with van der Waals surface area (Å²) in [4.78, 5) is 2.14. The van der Waals surface area contributed by atoms with E-state index in [4.69, 9.17) is 5.73 Å². The monoisotopic (exact) mass is 248 g/mol. The SMILES string of the molecule is CN(c1ccccc1N)c1cccc2ccccc12. The fraction of sp³-hybridized carbons (Fsp3) is 0.0588. The second-order valence-corrected chi connectivity index (χ2v) is 4.62. The van der Waals surface area contributed by atoms with Crippen molar-refractivity contribution in [2.24, 2.45) is 0 Å². The fourth-order valence-electron chi connectivity index (χ4n) is 2.42. The van der Waals surface area contributed by atoms with Crippen molar-refractivity contribution in [2.75, 3.05) is 17.7 Å². The number of benzene rings is 3. The number of fused-ring (bicyclic) bond motifs is 1. The molecular weight excluding hydrogens is 232 g/mol. The Morgan fingerprint density at radius 2 is 1.37 bits per heavy atom. The average Bonchev–Trinajstić information content (AvgIpc) is 2.46. The standard InChI is InChI=1S/C17H16N2/c1-19(17-11-5-4-10-15(17)18)16-12-6-8-13-7-2-3-9-14(13)16/h2-12H,18H2,1H3. The molecule has 2 heteroatoms. The van der Waals surface area contributed by atoms with Gasteiger partial charge < -0.3 is 10.6 Å². The Bertz CT molecular complexity index is 714. The molecule has 2 N–H and O–H groups in total. The van der Waals surface area contributed by atoms with Gasteiger partial charge in [-0.3, -0.25) is 0 Å². The van der Waals surface area contributed by atoms with E-state index >= 15 is 0 Å². The van der Waals surface area contributed by atoms with Crippen molar-refractivity contribution in [3.05, 3.63) is 66.7 Å². The summed E-state index contributed by atoms with van der Waals surface area (Å²) in [5.74, 6) is 0. The van der Waals surface area contributed by atoms with E-state index < -0.39 is 0 Å². The second kappa shape index (κ2) is 4.65. The summed E-state index contributed by atoms with van der Waals surface area (Å²) in [5.41, 5.74) is 9.04. The molecule has 0 atom stereocenters. The largest absolute Gasteiger partial charge is 0.397 e. The zero-order valence-electron chi connectivity index (χ0n) is 10.9. The number of anilines is 3. The summed E-state index contributed by atoms with van der Waals surface area (Å²) in [6.07, 6.45) is 0. The Morgan fingerprint density at radius 3 is 2.21 bits per heavy atom. The quantitative estimate of drug-likeness (QED) is 0.689. The topological polar surface area (TPSA) is 29.3 Å². The minimum absolute atomic E-state index is 0.790. The van der Waals surface area contributed by atoms with Crippen LogP contribution in [0.1, 0.15) is 0 Å². The third-order valence-corrected chi connectivity index (χ3v) is 3.43. The Hall–Kier alpha value is -2.48. The molecule has 3 aromatic rings. The number of nitrogens with two attached hydrogens (primary N) is 1. The van der Waals surface area contributed by atoms with Crippen molar-refractivity contribution in [1.29, 1.82) is 0 Å². The molecule has 3 aromatic carbocycles. The highest BCUT2D eigenvalue weighted by molar-refractivity contribution is 5.96. The molecule has 0 saturated heterocycles.